The van der Waals surface area contributed by atoms with Crippen molar-refractivity contribution in [2.24, 2.45) is 5.92 Å². The van der Waals surface area contributed by atoms with Crippen molar-refractivity contribution in [3.63, 3.8) is 0 Å². The highest BCUT2D eigenvalue weighted by molar-refractivity contribution is 5.98. The van der Waals surface area contributed by atoms with Crippen molar-refractivity contribution >= 4 is 17.1 Å². The summed E-state index contributed by atoms with van der Waals surface area (Å²) in [7, 11) is 1.63. The second-order valence-electron chi connectivity index (χ2n) is 6.72. The number of piperidine rings is 1. The van der Waals surface area contributed by atoms with Crippen molar-refractivity contribution in [1.29, 1.82) is 0 Å². The van der Waals surface area contributed by atoms with Crippen LogP contribution in [0.4, 0.5) is 5.82 Å². The van der Waals surface area contributed by atoms with Crippen molar-refractivity contribution < 1.29 is 9.53 Å². The van der Waals surface area contributed by atoms with Crippen LogP contribution in [0, 0.1) is 12.8 Å². The topological polar surface area (TPSA) is 59.7 Å². The van der Waals surface area contributed by atoms with E-state index in [0.717, 1.165) is 54.3 Å². The SMILES string of the molecule is COc1ccc(C(=O)C2CCN(c3nccn4nc(C)cc34)CC2)cc1. The van der Waals surface area contributed by atoms with Crippen LogP contribution < -0.4 is 9.64 Å². The van der Waals surface area contributed by atoms with E-state index >= 15 is 0 Å². The fourth-order valence-corrected chi connectivity index (χ4v) is 3.62. The molecule has 3 aromatic rings. The van der Waals surface area contributed by atoms with E-state index in [4.69, 9.17) is 4.74 Å². The van der Waals surface area contributed by atoms with Gasteiger partial charge in [0.05, 0.1) is 12.8 Å². The van der Waals surface area contributed by atoms with Gasteiger partial charge >= 0.3 is 0 Å². The Balaban J connectivity index is 1.47. The lowest BCUT2D eigenvalue weighted by atomic mass is 9.89. The molecular formula is C20H22N4O2. The van der Waals surface area contributed by atoms with Gasteiger partial charge in [0.1, 0.15) is 11.3 Å². The summed E-state index contributed by atoms with van der Waals surface area (Å²) < 4.78 is 7.03. The minimum absolute atomic E-state index is 0.0611. The molecule has 2 aromatic heterocycles. The molecule has 0 aliphatic carbocycles. The van der Waals surface area contributed by atoms with Gasteiger partial charge in [0.2, 0.25) is 0 Å². The Bertz CT molecular complexity index is 925. The normalized spacial score (nSPS) is 15.4. The maximum absolute atomic E-state index is 12.8. The van der Waals surface area contributed by atoms with Crippen LogP contribution in [-0.2, 0) is 0 Å². The van der Waals surface area contributed by atoms with Gasteiger partial charge in [-0.2, -0.15) is 5.10 Å². The predicted octanol–water partition coefficient (Wildman–Crippen LogP) is 3.15. The second-order valence-corrected chi connectivity index (χ2v) is 6.72. The van der Waals surface area contributed by atoms with Crippen LogP contribution in [0.25, 0.3) is 5.52 Å². The summed E-state index contributed by atoms with van der Waals surface area (Å²) in [5, 5.41) is 4.45. The second kappa shape index (κ2) is 6.78. The van der Waals surface area contributed by atoms with Crippen molar-refractivity contribution in [1.82, 2.24) is 14.6 Å². The van der Waals surface area contributed by atoms with Gasteiger partial charge in [0, 0.05) is 37.0 Å². The molecule has 1 aliphatic heterocycles. The number of carbonyl (C=O) groups excluding carboxylic acids is 1. The van der Waals surface area contributed by atoms with Crippen molar-refractivity contribution in [3.8, 4) is 5.75 Å². The number of fused-ring (bicyclic) bond motifs is 1. The summed E-state index contributed by atoms with van der Waals surface area (Å²) in [5.41, 5.74) is 2.75. The molecule has 1 fully saturated rings. The standard InChI is InChI=1S/C20H22N4O2/c1-14-13-18-20(21-9-12-24(18)22-14)23-10-7-16(8-11-23)19(25)15-3-5-17(26-2)6-4-15/h3-6,9,12-13,16H,7-8,10-11H2,1-2H3. The third kappa shape index (κ3) is 3.03. The number of hydrogen-bond acceptors (Lipinski definition) is 5. The predicted molar refractivity (Wildman–Crippen MR) is 100.0 cm³/mol. The van der Waals surface area contributed by atoms with E-state index in [0.29, 0.717) is 0 Å². The summed E-state index contributed by atoms with van der Waals surface area (Å²) in [4.78, 5) is 19.6. The molecule has 1 aromatic carbocycles. The number of aryl methyl sites for hydroxylation is 1. The van der Waals surface area contributed by atoms with E-state index in [2.05, 4.69) is 21.0 Å². The van der Waals surface area contributed by atoms with E-state index in [-0.39, 0.29) is 11.7 Å². The van der Waals surface area contributed by atoms with Crippen molar-refractivity contribution in [2.45, 2.75) is 19.8 Å². The van der Waals surface area contributed by atoms with E-state index in [9.17, 15) is 4.79 Å². The van der Waals surface area contributed by atoms with E-state index in [1.807, 2.05) is 41.9 Å². The first-order valence-corrected chi connectivity index (χ1v) is 8.90. The van der Waals surface area contributed by atoms with Crippen LogP contribution in [0.1, 0.15) is 28.9 Å². The van der Waals surface area contributed by atoms with Gasteiger partial charge in [-0.25, -0.2) is 9.50 Å². The molecule has 0 spiro atoms. The van der Waals surface area contributed by atoms with Gasteiger partial charge in [-0.3, -0.25) is 4.79 Å². The largest absolute Gasteiger partial charge is 0.497 e. The molecule has 1 aliphatic rings. The number of hydrogen-bond donors (Lipinski definition) is 0. The molecule has 0 amide bonds. The minimum Gasteiger partial charge on any atom is -0.497 e. The molecule has 0 N–H and O–H groups in total. The quantitative estimate of drug-likeness (QED) is 0.677. The molecule has 1 saturated heterocycles. The highest BCUT2D eigenvalue weighted by Gasteiger charge is 2.27. The molecule has 0 saturated carbocycles. The highest BCUT2D eigenvalue weighted by Crippen LogP contribution is 2.28. The van der Waals surface area contributed by atoms with Crippen LogP contribution in [0.15, 0.2) is 42.7 Å². The summed E-state index contributed by atoms with van der Waals surface area (Å²) in [5.74, 6) is 2.00. The summed E-state index contributed by atoms with van der Waals surface area (Å²) in [6.45, 7) is 3.63. The Hall–Kier alpha value is -2.89. The molecule has 0 radical (unpaired) electrons. The Kier molecular flexibility index (Phi) is 4.32. The number of anilines is 1. The van der Waals surface area contributed by atoms with Gasteiger partial charge in [-0.1, -0.05) is 0 Å². The Labute approximate surface area is 152 Å². The number of methoxy groups -OCH3 is 1. The summed E-state index contributed by atoms with van der Waals surface area (Å²) in [6.07, 6.45) is 5.32. The zero-order chi connectivity index (χ0) is 18.1. The average molecular weight is 350 g/mol. The lowest BCUT2D eigenvalue weighted by molar-refractivity contribution is 0.0900. The molecule has 4 rings (SSSR count). The Morgan fingerprint density at radius 1 is 1.19 bits per heavy atom. The van der Waals surface area contributed by atoms with Crippen LogP contribution >= 0.6 is 0 Å². The van der Waals surface area contributed by atoms with Crippen molar-refractivity contribution in [2.75, 3.05) is 25.1 Å². The van der Waals surface area contributed by atoms with Gasteiger partial charge in [0.15, 0.2) is 11.6 Å². The zero-order valence-corrected chi connectivity index (χ0v) is 15.1. The molecule has 6 heteroatoms. The fourth-order valence-electron chi connectivity index (χ4n) is 3.62. The van der Waals surface area contributed by atoms with E-state index < -0.39 is 0 Å². The molecule has 0 atom stereocenters. The van der Waals surface area contributed by atoms with E-state index in [1.165, 1.54) is 0 Å². The molecule has 6 nitrogen and oxygen atoms in total. The zero-order valence-electron chi connectivity index (χ0n) is 15.1. The van der Waals surface area contributed by atoms with Crippen LogP contribution in [0.2, 0.25) is 0 Å². The average Bonchev–Trinajstić information content (AvgIpc) is 3.08. The molecule has 134 valence electrons. The maximum atomic E-state index is 12.8. The molecule has 3 heterocycles. The fraction of sp³-hybridized carbons (Fsp3) is 0.350. The third-order valence-electron chi connectivity index (χ3n) is 5.03. The van der Waals surface area contributed by atoms with Crippen LogP contribution in [-0.4, -0.2) is 40.6 Å². The first-order chi connectivity index (χ1) is 12.7. The number of nitrogens with zero attached hydrogens (tertiary/aromatic N) is 4. The molecule has 0 unspecified atom stereocenters. The maximum Gasteiger partial charge on any atom is 0.166 e. The number of benzene rings is 1. The monoisotopic (exact) mass is 350 g/mol. The van der Waals surface area contributed by atoms with E-state index in [1.54, 1.807) is 13.3 Å². The molecule has 0 bridgehead atoms. The van der Waals surface area contributed by atoms with Gasteiger partial charge < -0.3 is 9.64 Å². The summed E-state index contributed by atoms with van der Waals surface area (Å²) >= 11 is 0. The molecular weight excluding hydrogens is 328 g/mol. The van der Waals surface area contributed by atoms with Crippen LogP contribution in [0.3, 0.4) is 0 Å². The number of ketones is 1. The van der Waals surface area contributed by atoms with Gasteiger partial charge in [0.25, 0.3) is 0 Å². The lowest BCUT2D eigenvalue weighted by Gasteiger charge is -2.32. The van der Waals surface area contributed by atoms with Crippen LogP contribution in [0.5, 0.6) is 5.75 Å². The van der Waals surface area contributed by atoms with Gasteiger partial charge in [-0.05, 0) is 50.1 Å². The molecule has 26 heavy (non-hydrogen) atoms. The number of Topliss-reactive ketones (excluding diaryl/α,β-unsaturated/α-hetero) is 1. The third-order valence-corrected chi connectivity index (χ3v) is 5.03. The Morgan fingerprint density at radius 2 is 1.92 bits per heavy atom. The smallest absolute Gasteiger partial charge is 0.166 e. The first kappa shape index (κ1) is 16.6. The Morgan fingerprint density at radius 3 is 2.62 bits per heavy atom. The highest BCUT2D eigenvalue weighted by atomic mass is 16.5. The number of carbonyl (C=O) groups is 1. The first-order valence-electron chi connectivity index (χ1n) is 8.90. The number of ether oxygens (including phenoxy) is 1. The minimum atomic E-state index is 0.0611. The van der Waals surface area contributed by atoms with Gasteiger partial charge in [-0.15, -0.1) is 0 Å². The number of aromatic nitrogens is 3. The van der Waals surface area contributed by atoms with Crippen molar-refractivity contribution in [3.05, 3.63) is 54.0 Å². The lowest BCUT2D eigenvalue weighted by Crippen LogP contribution is -2.37. The number of rotatable bonds is 4. The summed E-state index contributed by atoms with van der Waals surface area (Å²) in [6, 6.07) is 9.44.